The van der Waals surface area contributed by atoms with Crippen LogP contribution in [0.25, 0.3) is 10.9 Å². The van der Waals surface area contributed by atoms with Crippen molar-refractivity contribution in [1.29, 1.82) is 0 Å². The molecule has 0 saturated carbocycles. The third-order valence-corrected chi connectivity index (χ3v) is 4.40. The standard InChI is InChI=1S/C15H14BrNO2/c1-15(2)6-5-9-12(14(18)19)10-7-8(16)3-4-11(10)17-13(9)15/h3-4,7H,5-6H2,1-2H3,(H,18,19). The summed E-state index contributed by atoms with van der Waals surface area (Å²) in [7, 11) is 0. The second-order valence-corrected chi connectivity index (χ2v) is 6.58. The third-order valence-electron chi connectivity index (χ3n) is 3.90. The second kappa shape index (κ2) is 4.04. The number of hydrogen-bond acceptors (Lipinski definition) is 2. The molecule has 0 radical (unpaired) electrons. The van der Waals surface area contributed by atoms with Crippen molar-refractivity contribution >= 4 is 32.8 Å². The van der Waals surface area contributed by atoms with Gasteiger partial charge in [0.1, 0.15) is 0 Å². The lowest BCUT2D eigenvalue weighted by molar-refractivity contribution is 0.0698. The monoisotopic (exact) mass is 319 g/mol. The largest absolute Gasteiger partial charge is 0.478 e. The fourth-order valence-electron chi connectivity index (χ4n) is 2.88. The zero-order chi connectivity index (χ0) is 13.8. The number of carboxylic acids is 1. The Morgan fingerprint density at radius 3 is 2.84 bits per heavy atom. The van der Waals surface area contributed by atoms with Gasteiger partial charge in [-0.05, 0) is 36.6 Å². The van der Waals surface area contributed by atoms with Crippen LogP contribution in [-0.4, -0.2) is 16.1 Å². The predicted octanol–water partition coefficient (Wildman–Crippen LogP) is 3.92. The highest BCUT2D eigenvalue weighted by Gasteiger charge is 2.35. The molecule has 1 N–H and O–H groups in total. The average Bonchev–Trinajstić information content (AvgIpc) is 2.62. The van der Waals surface area contributed by atoms with Gasteiger partial charge in [0.25, 0.3) is 0 Å². The maximum Gasteiger partial charge on any atom is 0.336 e. The molecule has 0 unspecified atom stereocenters. The number of carboxylic acid groups (broad SMARTS) is 1. The van der Waals surface area contributed by atoms with Crippen LogP contribution < -0.4 is 0 Å². The summed E-state index contributed by atoms with van der Waals surface area (Å²) in [6, 6.07) is 5.62. The minimum Gasteiger partial charge on any atom is -0.478 e. The summed E-state index contributed by atoms with van der Waals surface area (Å²) < 4.78 is 0.876. The van der Waals surface area contributed by atoms with Crippen molar-refractivity contribution in [3.63, 3.8) is 0 Å². The Balaban J connectivity index is 2.46. The molecule has 3 rings (SSSR count). The molecule has 1 aliphatic rings. The lowest BCUT2D eigenvalue weighted by Crippen LogP contribution is -2.15. The van der Waals surface area contributed by atoms with Crippen LogP contribution in [-0.2, 0) is 11.8 Å². The smallest absolute Gasteiger partial charge is 0.336 e. The van der Waals surface area contributed by atoms with Gasteiger partial charge in [-0.15, -0.1) is 0 Å². The molecule has 19 heavy (non-hydrogen) atoms. The van der Waals surface area contributed by atoms with Gasteiger partial charge < -0.3 is 5.11 Å². The van der Waals surface area contributed by atoms with Crippen molar-refractivity contribution in [2.45, 2.75) is 32.1 Å². The molecule has 1 aliphatic carbocycles. The van der Waals surface area contributed by atoms with Gasteiger partial charge in [0, 0.05) is 15.3 Å². The first-order valence-electron chi connectivity index (χ1n) is 6.26. The van der Waals surface area contributed by atoms with Gasteiger partial charge in [-0.2, -0.15) is 0 Å². The number of pyridine rings is 1. The summed E-state index contributed by atoms with van der Waals surface area (Å²) >= 11 is 3.40. The van der Waals surface area contributed by atoms with E-state index in [0.29, 0.717) is 5.56 Å². The predicted molar refractivity (Wildman–Crippen MR) is 77.7 cm³/mol. The second-order valence-electron chi connectivity index (χ2n) is 5.66. The Morgan fingerprint density at radius 2 is 2.16 bits per heavy atom. The van der Waals surface area contributed by atoms with Gasteiger partial charge in [0.15, 0.2) is 0 Å². The zero-order valence-corrected chi connectivity index (χ0v) is 12.4. The van der Waals surface area contributed by atoms with Crippen LogP contribution in [0, 0.1) is 0 Å². The first kappa shape index (κ1) is 12.6. The van der Waals surface area contributed by atoms with Crippen LogP contribution in [0.2, 0.25) is 0 Å². The number of halogens is 1. The van der Waals surface area contributed by atoms with E-state index >= 15 is 0 Å². The van der Waals surface area contributed by atoms with E-state index in [1.165, 1.54) is 0 Å². The molecule has 0 bridgehead atoms. The molecule has 1 aromatic carbocycles. The Kier molecular flexibility index (Phi) is 2.68. The zero-order valence-electron chi connectivity index (χ0n) is 10.8. The van der Waals surface area contributed by atoms with E-state index in [1.807, 2.05) is 18.2 Å². The van der Waals surface area contributed by atoms with Gasteiger partial charge in [-0.3, -0.25) is 4.98 Å². The number of nitrogens with zero attached hydrogens (tertiary/aromatic N) is 1. The minimum atomic E-state index is -0.862. The summed E-state index contributed by atoms with van der Waals surface area (Å²) in [4.78, 5) is 16.4. The molecule has 4 heteroatoms. The number of aromatic nitrogens is 1. The van der Waals surface area contributed by atoms with Crippen molar-refractivity contribution in [3.05, 3.63) is 39.5 Å². The van der Waals surface area contributed by atoms with E-state index < -0.39 is 5.97 Å². The molecule has 98 valence electrons. The average molecular weight is 320 g/mol. The van der Waals surface area contributed by atoms with Crippen molar-refractivity contribution in [1.82, 2.24) is 4.98 Å². The summed E-state index contributed by atoms with van der Waals surface area (Å²) in [5, 5.41) is 10.3. The minimum absolute atomic E-state index is 0.0409. The maximum atomic E-state index is 11.7. The molecule has 0 amide bonds. The summed E-state index contributed by atoms with van der Waals surface area (Å²) in [6.07, 6.45) is 1.74. The fraction of sp³-hybridized carbons (Fsp3) is 0.333. The van der Waals surface area contributed by atoms with Crippen molar-refractivity contribution in [2.24, 2.45) is 0 Å². The number of rotatable bonds is 1. The molecule has 0 fully saturated rings. The first-order chi connectivity index (χ1) is 8.90. The molecule has 0 atom stereocenters. The summed E-state index contributed by atoms with van der Waals surface area (Å²) in [5.74, 6) is -0.862. The number of hydrogen-bond donors (Lipinski definition) is 1. The lowest BCUT2D eigenvalue weighted by atomic mass is 9.89. The molecule has 0 spiro atoms. The van der Waals surface area contributed by atoms with Crippen LogP contribution >= 0.6 is 15.9 Å². The highest BCUT2D eigenvalue weighted by molar-refractivity contribution is 9.10. The van der Waals surface area contributed by atoms with E-state index in [-0.39, 0.29) is 5.41 Å². The van der Waals surface area contributed by atoms with Crippen LogP contribution in [0.3, 0.4) is 0 Å². The number of fused-ring (bicyclic) bond motifs is 2. The quantitative estimate of drug-likeness (QED) is 0.866. The van der Waals surface area contributed by atoms with Crippen LogP contribution in [0.15, 0.2) is 22.7 Å². The Bertz CT molecular complexity index is 707. The van der Waals surface area contributed by atoms with E-state index in [9.17, 15) is 9.90 Å². The normalized spacial score (nSPS) is 16.6. The third kappa shape index (κ3) is 1.86. The van der Waals surface area contributed by atoms with E-state index in [1.54, 1.807) is 0 Å². The molecular weight excluding hydrogens is 306 g/mol. The van der Waals surface area contributed by atoms with Gasteiger partial charge >= 0.3 is 5.97 Å². The summed E-state index contributed by atoms with van der Waals surface area (Å²) in [5.41, 5.74) is 2.99. The molecule has 3 nitrogen and oxygen atoms in total. The van der Waals surface area contributed by atoms with E-state index in [0.717, 1.165) is 39.5 Å². The van der Waals surface area contributed by atoms with Gasteiger partial charge in [0.05, 0.1) is 16.8 Å². The maximum absolute atomic E-state index is 11.7. The molecule has 1 heterocycles. The summed E-state index contributed by atoms with van der Waals surface area (Å²) in [6.45, 7) is 4.25. The molecule has 2 aromatic rings. The topological polar surface area (TPSA) is 50.2 Å². The lowest BCUT2D eigenvalue weighted by Gasteiger charge is -2.18. The molecule has 1 aromatic heterocycles. The highest BCUT2D eigenvalue weighted by Crippen LogP contribution is 2.41. The van der Waals surface area contributed by atoms with Gasteiger partial charge in [-0.25, -0.2) is 4.79 Å². The number of benzene rings is 1. The Labute approximate surface area is 119 Å². The van der Waals surface area contributed by atoms with Gasteiger partial charge in [-0.1, -0.05) is 29.8 Å². The first-order valence-corrected chi connectivity index (χ1v) is 7.05. The SMILES string of the molecule is CC1(C)CCc2c1nc1ccc(Br)cc1c2C(=O)O. The van der Waals surface area contributed by atoms with E-state index in [2.05, 4.69) is 29.8 Å². The van der Waals surface area contributed by atoms with Crippen molar-refractivity contribution < 1.29 is 9.90 Å². The van der Waals surface area contributed by atoms with E-state index in [4.69, 9.17) is 4.98 Å². The van der Waals surface area contributed by atoms with Crippen LogP contribution in [0.5, 0.6) is 0 Å². The molecule has 0 aliphatic heterocycles. The number of aromatic carboxylic acids is 1. The van der Waals surface area contributed by atoms with Gasteiger partial charge in [0.2, 0.25) is 0 Å². The Morgan fingerprint density at radius 1 is 1.42 bits per heavy atom. The number of carbonyl (C=O) groups is 1. The van der Waals surface area contributed by atoms with Crippen LogP contribution in [0.4, 0.5) is 0 Å². The van der Waals surface area contributed by atoms with Crippen LogP contribution in [0.1, 0.15) is 41.9 Å². The van der Waals surface area contributed by atoms with Crippen molar-refractivity contribution in [2.75, 3.05) is 0 Å². The Hall–Kier alpha value is -1.42. The fourth-order valence-corrected chi connectivity index (χ4v) is 3.24. The molecular formula is C15H14BrNO2. The highest BCUT2D eigenvalue weighted by atomic mass is 79.9. The van der Waals surface area contributed by atoms with Crippen molar-refractivity contribution in [3.8, 4) is 0 Å². The molecule has 0 saturated heterocycles.